The summed E-state index contributed by atoms with van der Waals surface area (Å²) in [5.41, 5.74) is 0.854. The number of halogens is 1. The molecule has 1 aliphatic heterocycles. The predicted octanol–water partition coefficient (Wildman–Crippen LogP) is 4.68. The van der Waals surface area contributed by atoms with Crippen molar-refractivity contribution in [3.63, 3.8) is 0 Å². The van der Waals surface area contributed by atoms with Crippen LogP contribution in [0.5, 0.6) is 0 Å². The smallest absolute Gasteiger partial charge is 0.254 e. The molecule has 1 saturated heterocycles. The van der Waals surface area contributed by atoms with E-state index in [9.17, 15) is 18.8 Å². The van der Waals surface area contributed by atoms with Gasteiger partial charge in [0.05, 0.1) is 18.2 Å². The zero-order valence-corrected chi connectivity index (χ0v) is 21.2. The number of piperidine rings is 1. The van der Waals surface area contributed by atoms with Crippen LogP contribution in [0, 0.1) is 17.7 Å². The molecule has 2 amide bonds. The topological polar surface area (TPSA) is 78.5 Å². The number of nitrogens with zero attached hydrogens (tertiary/aromatic N) is 1. The van der Waals surface area contributed by atoms with Crippen LogP contribution in [0.4, 0.5) is 4.39 Å². The Morgan fingerprint density at radius 2 is 1.80 bits per heavy atom. The van der Waals surface area contributed by atoms with Gasteiger partial charge in [-0.15, -0.1) is 0 Å². The minimum atomic E-state index is -0.581. The molecule has 1 unspecified atom stereocenters. The van der Waals surface area contributed by atoms with E-state index >= 15 is 0 Å². The molecule has 1 aromatic carbocycles. The van der Waals surface area contributed by atoms with E-state index in [0.29, 0.717) is 19.1 Å². The number of likely N-dealkylation sites (tertiary alicyclic amines) is 1. The molecular formula is C28H44FN3O3. The van der Waals surface area contributed by atoms with Gasteiger partial charge in [0.25, 0.3) is 5.91 Å². The summed E-state index contributed by atoms with van der Waals surface area (Å²) in [4.78, 5) is 40.7. The fourth-order valence-corrected chi connectivity index (χ4v) is 5.54. The fraction of sp³-hybridized carbons (Fsp3) is 0.679. The molecular weight excluding hydrogens is 445 g/mol. The highest BCUT2D eigenvalue weighted by molar-refractivity contribution is 5.98. The first-order valence-electron chi connectivity index (χ1n) is 13.5. The standard InChI is InChI=1S/C28H40FN3O3.2H2/c1-18(2)27(34)26(19-7-4-3-5-8-19)31-28(35)23-15-20(10-13-24(23)29)21-9-6-14-32(17-21)25(33)16-30-22-11-12-22;;/h10,13,15,18-19,21-22,26,30H,3-9,11-12,14,16-17H2,1-2H3,(H,31,35);2*1H/t21?,26-;;/m1../s1. The first-order valence-corrected chi connectivity index (χ1v) is 13.5. The number of hydrogen-bond donors (Lipinski definition) is 2. The number of amides is 2. The zero-order chi connectivity index (χ0) is 24.9. The van der Waals surface area contributed by atoms with Gasteiger partial charge >= 0.3 is 0 Å². The molecule has 2 atom stereocenters. The van der Waals surface area contributed by atoms with Gasteiger partial charge in [-0.2, -0.15) is 0 Å². The van der Waals surface area contributed by atoms with Crippen LogP contribution >= 0.6 is 0 Å². The number of Topliss-reactive ketones (excluding diaryl/α,β-unsaturated/α-hetero) is 1. The van der Waals surface area contributed by atoms with Crippen molar-refractivity contribution in [2.75, 3.05) is 19.6 Å². The summed E-state index contributed by atoms with van der Waals surface area (Å²) < 4.78 is 14.8. The van der Waals surface area contributed by atoms with E-state index in [2.05, 4.69) is 10.6 Å². The summed E-state index contributed by atoms with van der Waals surface area (Å²) >= 11 is 0. The third-order valence-corrected chi connectivity index (χ3v) is 7.88. The van der Waals surface area contributed by atoms with Gasteiger partial charge < -0.3 is 15.5 Å². The average molecular weight is 490 g/mol. The SMILES string of the molecule is CC(C)C(=O)[C@H](NC(=O)c1cc(C2CCCN(C(=O)CNC3CC3)C2)ccc1F)C1CCCCC1.[HH].[HH]. The lowest BCUT2D eigenvalue weighted by Gasteiger charge is -2.33. The molecule has 6 nitrogen and oxygen atoms in total. The number of carbonyl (C=O) groups excluding carboxylic acids is 3. The van der Waals surface area contributed by atoms with Gasteiger partial charge in [-0.25, -0.2) is 4.39 Å². The number of nitrogens with one attached hydrogen (secondary N) is 2. The summed E-state index contributed by atoms with van der Waals surface area (Å²) in [6, 6.07) is 4.61. The third kappa shape index (κ3) is 6.69. The van der Waals surface area contributed by atoms with E-state index in [0.717, 1.165) is 69.9 Å². The number of rotatable bonds is 9. The molecule has 0 aromatic heterocycles. The van der Waals surface area contributed by atoms with Crippen molar-refractivity contribution in [1.82, 2.24) is 15.5 Å². The van der Waals surface area contributed by atoms with Gasteiger partial charge in [0.2, 0.25) is 5.91 Å². The molecule has 35 heavy (non-hydrogen) atoms. The highest BCUT2D eigenvalue weighted by Crippen LogP contribution is 2.30. The second-order valence-electron chi connectivity index (χ2n) is 11.0. The Bertz CT molecular complexity index is 935. The maximum Gasteiger partial charge on any atom is 0.254 e. The van der Waals surface area contributed by atoms with Gasteiger partial charge in [-0.1, -0.05) is 39.2 Å². The van der Waals surface area contributed by atoms with Gasteiger partial charge in [0, 0.05) is 33.8 Å². The van der Waals surface area contributed by atoms with Crippen LogP contribution in [-0.4, -0.2) is 54.2 Å². The van der Waals surface area contributed by atoms with Crippen molar-refractivity contribution in [3.05, 3.63) is 35.1 Å². The Kier molecular flexibility index (Phi) is 8.58. The molecule has 3 fully saturated rings. The third-order valence-electron chi connectivity index (χ3n) is 7.88. The van der Waals surface area contributed by atoms with E-state index in [-0.39, 0.29) is 37.9 Å². The van der Waals surface area contributed by atoms with E-state index in [1.165, 1.54) is 6.07 Å². The minimum Gasteiger partial charge on any atom is -0.342 e. The molecule has 0 spiro atoms. The molecule has 0 radical (unpaired) electrons. The lowest BCUT2D eigenvalue weighted by molar-refractivity contribution is -0.131. The summed E-state index contributed by atoms with van der Waals surface area (Å²) in [6.07, 6.45) is 9.14. The van der Waals surface area contributed by atoms with Crippen molar-refractivity contribution in [2.45, 2.75) is 89.6 Å². The molecule has 7 heteroatoms. The monoisotopic (exact) mass is 489 g/mol. The van der Waals surface area contributed by atoms with Gasteiger partial charge in [-0.3, -0.25) is 14.4 Å². The van der Waals surface area contributed by atoms with E-state index in [1.54, 1.807) is 12.1 Å². The minimum absolute atomic E-state index is 0. The van der Waals surface area contributed by atoms with Crippen molar-refractivity contribution in [2.24, 2.45) is 11.8 Å². The number of benzene rings is 1. The first kappa shape index (κ1) is 25.8. The Labute approximate surface area is 211 Å². The van der Waals surface area contributed by atoms with E-state index in [1.807, 2.05) is 18.7 Å². The van der Waals surface area contributed by atoms with Crippen molar-refractivity contribution < 1.29 is 21.6 Å². The van der Waals surface area contributed by atoms with Crippen molar-refractivity contribution in [1.29, 1.82) is 0 Å². The van der Waals surface area contributed by atoms with Crippen LogP contribution in [-0.2, 0) is 9.59 Å². The van der Waals surface area contributed by atoms with Crippen LogP contribution < -0.4 is 10.6 Å². The van der Waals surface area contributed by atoms with Gasteiger partial charge in [0.1, 0.15) is 5.82 Å². The highest BCUT2D eigenvalue weighted by atomic mass is 19.1. The molecule has 2 aliphatic carbocycles. The second kappa shape index (κ2) is 11.6. The molecule has 2 saturated carbocycles. The lowest BCUT2D eigenvalue weighted by Crippen LogP contribution is -2.48. The Balaban J connectivity index is 0.00000241. The Morgan fingerprint density at radius 3 is 2.49 bits per heavy atom. The van der Waals surface area contributed by atoms with Crippen LogP contribution in [0.15, 0.2) is 18.2 Å². The Hall–Kier alpha value is -2.28. The maximum atomic E-state index is 14.8. The number of hydrogen-bond acceptors (Lipinski definition) is 4. The average Bonchev–Trinajstić information content (AvgIpc) is 3.70. The zero-order valence-electron chi connectivity index (χ0n) is 21.2. The van der Waals surface area contributed by atoms with Gasteiger partial charge in [-0.05, 0) is 62.1 Å². The molecule has 2 N–H and O–H groups in total. The number of ketones is 1. The lowest BCUT2D eigenvalue weighted by atomic mass is 9.80. The molecule has 1 aromatic rings. The van der Waals surface area contributed by atoms with E-state index < -0.39 is 17.8 Å². The normalized spacial score (nSPS) is 22.2. The molecule has 3 aliphatic rings. The van der Waals surface area contributed by atoms with Crippen molar-refractivity contribution in [3.8, 4) is 0 Å². The highest BCUT2D eigenvalue weighted by Gasteiger charge is 2.33. The molecule has 196 valence electrons. The van der Waals surface area contributed by atoms with Crippen LogP contribution in [0.25, 0.3) is 0 Å². The predicted molar refractivity (Wildman–Crippen MR) is 138 cm³/mol. The summed E-state index contributed by atoms with van der Waals surface area (Å²) in [7, 11) is 0. The van der Waals surface area contributed by atoms with Gasteiger partial charge in [0.15, 0.2) is 5.78 Å². The molecule has 0 bridgehead atoms. The summed E-state index contributed by atoms with van der Waals surface area (Å²) in [5.74, 6) is -1.01. The maximum absolute atomic E-state index is 14.8. The second-order valence-corrected chi connectivity index (χ2v) is 11.0. The summed E-state index contributed by atoms with van der Waals surface area (Å²) in [6.45, 7) is 5.37. The quantitative estimate of drug-likeness (QED) is 0.528. The Morgan fingerprint density at radius 1 is 1.06 bits per heavy atom. The number of carbonyl (C=O) groups is 3. The van der Waals surface area contributed by atoms with Crippen LogP contribution in [0.1, 0.15) is 96.3 Å². The van der Waals surface area contributed by atoms with Crippen LogP contribution in [0.2, 0.25) is 0 Å². The van der Waals surface area contributed by atoms with Crippen molar-refractivity contribution >= 4 is 17.6 Å². The largest absolute Gasteiger partial charge is 0.342 e. The summed E-state index contributed by atoms with van der Waals surface area (Å²) in [5, 5.41) is 6.19. The van der Waals surface area contributed by atoms with Crippen LogP contribution in [0.3, 0.4) is 0 Å². The first-order chi connectivity index (χ1) is 16.8. The molecule has 1 heterocycles. The fourth-order valence-electron chi connectivity index (χ4n) is 5.54. The molecule has 4 rings (SSSR count). The van der Waals surface area contributed by atoms with E-state index in [4.69, 9.17) is 0 Å².